The topological polar surface area (TPSA) is 46.4 Å². The van der Waals surface area contributed by atoms with E-state index < -0.39 is 11.6 Å². The molecule has 0 spiro atoms. The molecule has 0 radical (unpaired) electrons. The third kappa shape index (κ3) is 4.92. The van der Waals surface area contributed by atoms with Gasteiger partial charge in [-0.25, -0.2) is 8.78 Å². The van der Waals surface area contributed by atoms with Crippen molar-refractivity contribution in [2.75, 3.05) is 13.1 Å². The molecule has 0 aliphatic heterocycles. The van der Waals surface area contributed by atoms with Crippen LogP contribution in [0.1, 0.15) is 12.0 Å². The van der Waals surface area contributed by atoms with E-state index in [2.05, 4.69) is 10.3 Å². The summed E-state index contributed by atoms with van der Waals surface area (Å²) in [6, 6.07) is 11.9. The Morgan fingerprint density at radius 1 is 1.19 bits per heavy atom. The lowest BCUT2D eigenvalue weighted by Gasteiger charge is -2.06. The van der Waals surface area contributed by atoms with Gasteiger partial charge in [0.1, 0.15) is 11.6 Å². The van der Waals surface area contributed by atoms with E-state index in [0.717, 1.165) is 17.0 Å². The molecule has 1 aromatic heterocycles. The van der Waals surface area contributed by atoms with Gasteiger partial charge in [0.2, 0.25) is 5.91 Å². The van der Waals surface area contributed by atoms with Gasteiger partial charge >= 0.3 is 0 Å². The summed E-state index contributed by atoms with van der Waals surface area (Å²) in [6.45, 7) is 1.20. The van der Waals surface area contributed by atoms with Gasteiger partial charge in [-0.1, -0.05) is 29.8 Å². The van der Waals surface area contributed by atoms with Crippen molar-refractivity contribution >= 4 is 34.6 Å². The zero-order valence-electron chi connectivity index (χ0n) is 14.5. The Bertz CT molecular complexity index is 985. The first-order chi connectivity index (χ1) is 13.0. The maximum Gasteiger partial charge on any atom is 0.221 e. The van der Waals surface area contributed by atoms with Gasteiger partial charge < -0.3 is 9.88 Å². The first-order valence-electron chi connectivity index (χ1n) is 8.49. The summed E-state index contributed by atoms with van der Waals surface area (Å²) in [5.74, 6) is -1.63. The summed E-state index contributed by atoms with van der Waals surface area (Å²) in [5.41, 5.74) is 1.20. The molecule has 4 nitrogen and oxygen atoms in total. The summed E-state index contributed by atoms with van der Waals surface area (Å²) >= 11 is 5.62. The second-order valence-electron chi connectivity index (χ2n) is 5.99. The van der Waals surface area contributed by atoms with Crippen LogP contribution in [0.4, 0.5) is 8.78 Å². The number of aromatic nitrogens is 1. The third-order valence-corrected chi connectivity index (χ3v) is 4.38. The second kappa shape index (κ2) is 8.77. The van der Waals surface area contributed by atoms with Gasteiger partial charge in [0.05, 0.1) is 11.6 Å². The fourth-order valence-electron chi connectivity index (χ4n) is 2.71. The second-order valence-corrected chi connectivity index (χ2v) is 6.40. The number of aliphatic imine (C=N–C) groups is 1. The van der Waals surface area contributed by atoms with Gasteiger partial charge in [0.25, 0.3) is 0 Å². The van der Waals surface area contributed by atoms with Crippen molar-refractivity contribution < 1.29 is 13.6 Å². The number of benzene rings is 2. The van der Waals surface area contributed by atoms with Gasteiger partial charge in [-0.05, 0) is 23.6 Å². The van der Waals surface area contributed by atoms with Gasteiger partial charge in [0.15, 0.2) is 0 Å². The lowest BCUT2D eigenvalue weighted by Crippen LogP contribution is -2.26. The standard InChI is InChI=1S/C20H18ClF2N3O/c21-16-11-15(17(22)12-18(16)23)13-24-7-8-25-20(27)6-10-26-9-5-14-3-1-2-4-19(14)26/h1-5,9,11-13H,6-8,10H2,(H,25,27). The van der Waals surface area contributed by atoms with Crippen LogP contribution in [-0.2, 0) is 11.3 Å². The average Bonchev–Trinajstić information content (AvgIpc) is 3.07. The molecule has 27 heavy (non-hydrogen) atoms. The monoisotopic (exact) mass is 389 g/mol. The highest BCUT2D eigenvalue weighted by Crippen LogP contribution is 2.18. The van der Waals surface area contributed by atoms with Crippen LogP contribution in [0.2, 0.25) is 5.02 Å². The van der Waals surface area contributed by atoms with E-state index in [1.54, 1.807) is 0 Å². The number of hydrogen-bond donors (Lipinski definition) is 1. The largest absolute Gasteiger partial charge is 0.354 e. The maximum absolute atomic E-state index is 13.6. The molecule has 0 bridgehead atoms. The van der Waals surface area contributed by atoms with E-state index in [1.165, 1.54) is 12.3 Å². The highest BCUT2D eigenvalue weighted by molar-refractivity contribution is 6.31. The third-order valence-electron chi connectivity index (χ3n) is 4.09. The fraction of sp³-hybridized carbons (Fsp3) is 0.200. The van der Waals surface area contributed by atoms with Crippen LogP contribution >= 0.6 is 11.6 Å². The number of fused-ring (bicyclic) bond motifs is 1. The number of halogens is 3. The van der Waals surface area contributed by atoms with Gasteiger partial charge in [0, 0.05) is 49.1 Å². The van der Waals surface area contributed by atoms with E-state index in [9.17, 15) is 13.6 Å². The number of amides is 1. The van der Waals surface area contributed by atoms with Crippen LogP contribution in [0.15, 0.2) is 53.7 Å². The number of aryl methyl sites for hydroxylation is 1. The Labute approximate surface area is 160 Å². The molecule has 0 atom stereocenters. The minimum atomic E-state index is -0.811. The van der Waals surface area contributed by atoms with E-state index in [0.29, 0.717) is 19.5 Å². The van der Waals surface area contributed by atoms with Crippen molar-refractivity contribution in [3.8, 4) is 0 Å². The number of rotatable bonds is 7. The van der Waals surface area contributed by atoms with Crippen LogP contribution in [0.25, 0.3) is 10.9 Å². The molecule has 1 heterocycles. The van der Waals surface area contributed by atoms with Crippen LogP contribution in [0.5, 0.6) is 0 Å². The van der Waals surface area contributed by atoms with E-state index >= 15 is 0 Å². The zero-order valence-corrected chi connectivity index (χ0v) is 15.2. The highest BCUT2D eigenvalue weighted by atomic mass is 35.5. The molecule has 0 saturated carbocycles. The van der Waals surface area contributed by atoms with E-state index in [-0.39, 0.29) is 23.0 Å². The number of nitrogens with zero attached hydrogens (tertiary/aromatic N) is 2. The maximum atomic E-state index is 13.6. The molecule has 3 rings (SSSR count). The van der Waals surface area contributed by atoms with E-state index in [1.807, 2.05) is 41.1 Å². The van der Waals surface area contributed by atoms with E-state index in [4.69, 9.17) is 11.6 Å². The lowest BCUT2D eigenvalue weighted by molar-refractivity contribution is -0.121. The number of nitrogens with one attached hydrogen (secondary N) is 1. The van der Waals surface area contributed by atoms with Crippen molar-refractivity contribution in [1.29, 1.82) is 0 Å². The molecule has 1 N–H and O–H groups in total. The molecule has 3 aromatic rings. The van der Waals surface area contributed by atoms with Crippen molar-refractivity contribution in [3.63, 3.8) is 0 Å². The SMILES string of the molecule is O=C(CCn1ccc2ccccc21)NCCN=Cc1cc(Cl)c(F)cc1F. The Morgan fingerprint density at radius 3 is 2.85 bits per heavy atom. The summed E-state index contributed by atoms with van der Waals surface area (Å²) in [4.78, 5) is 16.0. The molecule has 0 unspecified atom stereocenters. The number of para-hydroxylation sites is 1. The predicted molar refractivity (Wildman–Crippen MR) is 103 cm³/mol. The zero-order chi connectivity index (χ0) is 19.2. The summed E-state index contributed by atoms with van der Waals surface area (Å²) < 4.78 is 28.7. The quantitative estimate of drug-likeness (QED) is 0.367. The molecule has 0 fully saturated rings. The first-order valence-corrected chi connectivity index (χ1v) is 8.87. The summed E-state index contributed by atoms with van der Waals surface area (Å²) in [6.07, 6.45) is 3.59. The Balaban J connectivity index is 1.43. The van der Waals surface area contributed by atoms with Crippen LogP contribution in [-0.4, -0.2) is 29.8 Å². The number of carbonyl (C=O) groups excluding carboxylic acids is 1. The van der Waals surface area contributed by atoms with Crippen molar-refractivity contribution in [2.24, 2.45) is 4.99 Å². The summed E-state index contributed by atoms with van der Waals surface area (Å²) in [5, 5.41) is 3.74. The minimum absolute atomic E-state index is 0.0843. The van der Waals surface area contributed by atoms with Crippen molar-refractivity contribution in [1.82, 2.24) is 9.88 Å². The van der Waals surface area contributed by atoms with Gasteiger partial charge in [-0.2, -0.15) is 0 Å². The smallest absolute Gasteiger partial charge is 0.221 e. The van der Waals surface area contributed by atoms with Crippen LogP contribution in [0, 0.1) is 11.6 Å². The lowest BCUT2D eigenvalue weighted by atomic mass is 10.2. The Hall–Kier alpha value is -2.73. The first kappa shape index (κ1) is 19.0. The molecular weight excluding hydrogens is 372 g/mol. The molecular formula is C20H18ClF2N3O. The molecule has 0 aliphatic rings. The Kier molecular flexibility index (Phi) is 6.19. The predicted octanol–water partition coefficient (Wildman–Crippen LogP) is 4.20. The molecule has 2 aromatic carbocycles. The number of carbonyl (C=O) groups is 1. The Morgan fingerprint density at radius 2 is 2.00 bits per heavy atom. The fourth-order valence-corrected chi connectivity index (χ4v) is 2.88. The molecule has 140 valence electrons. The number of hydrogen-bond acceptors (Lipinski definition) is 2. The summed E-state index contributed by atoms with van der Waals surface area (Å²) in [7, 11) is 0. The van der Waals surface area contributed by atoms with Gasteiger partial charge in [-0.15, -0.1) is 0 Å². The van der Waals surface area contributed by atoms with Crippen LogP contribution in [0.3, 0.4) is 0 Å². The molecule has 0 aliphatic carbocycles. The molecule has 7 heteroatoms. The highest BCUT2D eigenvalue weighted by Gasteiger charge is 2.07. The van der Waals surface area contributed by atoms with Crippen LogP contribution < -0.4 is 5.32 Å². The molecule has 1 amide bonds. The van der Waals surface area contributed by atoms with Gasteiger partial charge in [-0.3, -0.25) is 9.79 Å². The van der Waals surface area contributed by atoms with Crippen molar-refractivity contribution in [2.45, 2.75) is 13.0 Å². The average molecular weight is 390 g/mol. The normalized spacial score (nSPS) is 11.4. The minimum Gasteiger partial charge on any atom is -0.354 e. The van der Waals surface area contributed by atoms with Crippen molar-refractivity contribution in [3.05, 3.63) is 70.9 Å². The molecule has 0 saturated heterocycles.